The van der Waals surface area contributed by atoms with Crippen molar-refractivity contribution < 1.29 is 18.0 Å². The van der Waals surface area contributed by atoms with Gasteiger partial charge in [0.15, 0.2) is 5.78 Å². The molecule has 25 heavy (non-hydrogen) atoms. The van der Waals surface area contributed by atoms with E-state index >= 15 is 0 Å². The summed E-state index contributed by atoms with van der Waals surface area (Å²) >= 11 is 1.40. The highest BCUT2D eigenvalue weighted by atomic mass is 32.2. The minimum Gasteiger partial charge on any atom is -0.299 e. The molecule has 2 saturated carbocycles. The van der Waals surface area contributed by atoms with Gasteiger partial charge < -0.3 is 0 Å². The molecule has 1 aromatic rings. The summed E-state index contributed by atoms with van der Waals surface area (Å²) in [5.74, 6) is 0.342. The lowest BCUT2D eigenvalue weighted by Crippen LogP contribution is -2.45. The van der Waals surface area contributed by atoms with Gasteiger partial charge >= 0.3 is 0 Å². The summed E-state index contributed by atoms with van der Waals surface area (Å²) in [6, 6.07) is 3.63. The number of Topliss-reactive ketones (excluding diaryl/α,β-unsaturated/α-hetero) is 2. The van der Waals surface area contributed by atoms with Gasteiger partial charge in [0.1, 0.15) is 5.78 Å². The number of carbonyl (C=O) groups excluding carboxylic acids is 2. The third-order valence-electron chi connectivity index (χ3n) is 6.28. The topological polar surface area (TPSA) is 80.3 Å². The van der Waals surface area contributed by atoms with Gasteiger partial charge in [-0.2, -0.15) is 0 Å². The molecule has 2 aliphatic carbocycles. The van der Waals surface area contributed by atoms with Crippen LogP contribution in [0.5, 0.6) is 0 Å². The predicted molar refractivity (Wildman–Crippen MR) is 98.4 cm³/mol. The van der Waals surface area contributed by atoms with Crippen molar-refractivity contribution in [3.05, 3.63) is 21.9 Å². The van der Waals surface area contributed by atoms with Crippen LogP contribution in [-0.4, -0.2) is 32.3 Å². The van der Waals surface area contributed by atoms with Crippen molar-refractivity contribution in [1.82, 2.24) is 4.72 Å². The van der Waals surface area contributed by atoms with E-state index in [0.717, 1.165) is 11.3 Å². The van der Waals surface area contributed by atoms with Gasteiger partial charge in [0.2, 0.25) is 10.0 Å². The number of nitrogens with one attached hydrogen (secondary N) is 1. The van der Waals surface area contributed by atoms with Crippen LogP contribution in [-0.2, 0) is 21.2 Å². The van der Waals surface area contributed by atoms with Crippen molar-refractivity contribution in [1.29, 1.82) is 0 Å². The molecular formula is C18H25NO4S2. The number of carbonyl (C=O) groups is 2. The van der Waals surface area contributed by atoms with Gasteiger partial charge in [-0.1, -0.05) is 13.8 Å². The maximum absolute atomic E-state index is 12.6. The van der Waals surface area contributed by atoms with Crippen LogP contribution >= 0.6 is 11.3 Å². The molecule has 2 atom stereocenters. The largest absolute Gasteiger partial charge is 0.299 e. The molecule has 2 unspecified atom stereocenters. The lowest BCUT2D eigenvalue weighted by Gasteiger charge is -2.36. The van der Waals surface area contributed by atoms with Crippen LogP contribution in [0.1, 0.15) is 54.6 Å². The van der Waals surface area contributed by atoms with Crippen molar-refractivity contribution in [2.45, 2.75) is 46.5 Å². The number of sulfonamides is 1. The molecule has 0 amide bonds. The number of hydrogen-bond donors (Lipinski definition) is 1. The van der Waals surface area contributed by atoms with E-state index in [1.165, 1.54) is 18.3 Å². The monoisotopic (exact) mass is 383 g/mol. The lowest BCUT2D eigenvalue weighted by molar-refractivity contribution is -0.128. The van der Waals surface area contributed by atoms with Crippen LogP contribution in [0.15, 0.2) is 12.1 Å². The number of thiophene rings is 1. The van der Waals surface area contributed by atoms with Crippen LogP contribution in [0.3, 0.4) is 0 Å². The zero-order valence-corrected chi connectivity index (χ0v) is 16.6. The molecule has 2 bridgehead atoms. The maximum atomic E-state index is 12.6. The molecular weight excluding hydrogens is 358 g/mol. The smallest absolute Gasteiger partial charge is 0.212 e. The van der Waals surface area contributed by atoms with E-state index < -0.39 is 15.4 Å². The van der Waals surface area contributed by atoms with Crippen molar-refractivity contribution in [3.8, 4) is 0 Å². The van der Waals surface area contributed by atoms with Crippen LogP contribution in [0.25, 0.3) is 0 Å². The van der Waals surface area contributed by atoms with E-state index in [9.17, 15) is 18.0 Å². The first kappa shape index (κ1) is 18.7. The van der Waals surface area contributed by atoms with E-state index in [1.807, 2.05) is 19.9 Å². The van der Waals surface area contributed by atoms with E-state index in [1.54, 1.807) is 6.07 Å². The number of rotatable bonds is 7. The number of fused-ring (bicyclic) bond motifs is 2. The molecule has 0 spiro atoms. The second-order valence-electron chi connectivity index (χ2n) is 7.89. The average Bonchev–Trinajstić information content (AvgIpc) is 3.10. The first-order valence-electron chi connectivity index (χ1n) is 8.68. The molecule has 3 rings (SSSR count). The van der Waals surface area contributed by atoms with Gasteiger partial charge in [-0.3, -0.25) is 9.59 Å². The van der Waals surface area contributed by atoms with Crippen molar-refractivity contribution in [3.63, 3.8) is 0 Å². The standard InChI is InChI=1S/C18H25NO4S2/c1-12(20)15-5-4-14(24-15)7-9-19-25(22,23)11-18-8-6-13(10-16(18)21)17(18,2)3/h4-5,13,19H,6-11H2,1-3H3. The Morgan fingerprint density at radius 1 is 1.36 bits per heavy atom. The number of hydrogen-bond acceptors (Lipinski definition) is 5. The van der Waals surface area contributed by atoms with Crippen LogP contribution in [0, 0.1) is 16.7 Å². The summed E-state index contributed by atoms with van der Waals surface area (Å²) in [5.41, 5.74) is -0.975. The third kappa shape index (κ3) is 3.22. The molecule has 0 aromatic carbocycles. The summed E-state index contributed by atoms with van der Waals surface area (Å²) in [4.78, 5) is 25.5. The Labute approximate surface area is 153 Å². The molecule has 0 saturated heterocycles. The molecule has 1 heterocycles. The highest BCUT2D eigenvalue weighted by Gasteiger charge is 2.65. The summed E-state index contributed by atoms with van der Waals surface area (Å²) in [7, 11) is -3.53. The van der Waals surface area contributed by atoms with E-state index in [4.69, 9.17) is 0 Å². The highest BCUT2D eigenvalue weighted by molar-refractivity contribution is 7.89. The predicted octanol–water partition coefficient (Wildman–Crippen LogP) is 2.81. The van der Waals surface area contributed by atoms with Gasteiger partial charge in [0.25, 0.3) is 0 Å². The Kier molecular flexibility index (Phi) is 4.71. The first-order valence-corrected chi connectivity index (χ1v) is 11.1. The van der Waals surface area contributed by atoms with Crippen LogP contribution < -0.4 is 4.72 Å². The normalized spacial score (nSPS) is 27.8. The van der Waals surface area contributed by atoms with Gasteiger partial charge in [0.05, 0.1) is 10.6 Å². The second-order valence-corrected chi connectivity index (χ2v) is 10.9. The van der Waals surface area contributed by atoms with E-state index in [2.05, 4.69) is 4.72 Å². The van der Waals surface area contributed by atoms with Gasteiger partial charge in [-0.05, 0) is 49.7 Å². The third-order valence-corrected chi connectivity index (χ3v) is 9.04. The fourth-order valence-electron chi connectivity index (χ4n) is 4.51. The Balaban J connectivity index is 1.62. The van der Waals surface area contributed by atoms with E-state index in [0.29, 0.717) is 30.1 Å². The second kappa shape index (κ2) is 6.28. The average molecular weight is 384 g/mol. The van der Waals surface area contributed by atoms with Crippen molar-refractivity contribution in [2.24, 2.45) is 16.7 Å². The van der Waals surface area contributed by atoms with Gasteiger partial charge in [-0.15, -0.1) is 11.3 Å². The molecule has 2 fully saturated rings. The summed E-state index contributed by atoms with van der Waals surface area (Å²) in [6.45, 7) is 5.89. The molecule has 5 nitrogen and oxygen atoms in total. The minimum atomic E-state index is -3.53. The van der Waals surface area contributed by atoms with Crippen molar-refractivity contribution >= 4 is 32.9 Å². The van der Waals surface area contributed by atoms with Crippen LogP contribution in [0.2, 0.25) is 0 Å². The fourth-order valence-corrected chi connectivity index (χ4v) is 7.26. The van der Waals surface area contributed by atoms with Crippen LogP contribution in [0.4, 0.5) is 0 Å². The summed E-state index contributed by atoms with van der Waals surface area (Å²) in [6.07, 6.45) is 2.68. The summed E-state index contributed by atoms with van der Waals surface area (Å²) in [5, 5.41) is 0. The van der Waals surface area contributed by atoms with Gasteiger partial charge in [-0.25, -0.2) is 13.1 Å². The number of ketones is 2. The SMILES string of the molecule is CC(=O)c1ccc(CCNS(=O)(=O)CC23CCC(CC2=O)C3(C)C)s1. The molecule has 1 N–H and O–H groups in total. The Bertz CT molecular complexity index is 809. The Hall–Kier alpha value is -1.05. The maximum Gasteiger partial charge on any atom is 0.212 e. The highest BCUT2D eigenvalue weighted by Crippen LogP contribution is 2.64. The lowest BCUT2D eigenvalue weighted by atomic mass is 9.70. The summed E-state index contributed by atoms with van der Waals surface area (Å²) < 4.78 is 27.8. The molecule has 7 heteroatoms. The molecule has 2 aliphatic rings. The van der Waals surface area contributed by atoms with Gasteiger partial charge in [0, 0.05) is 23.3 Å². The zero-order valence-electron chi connectivity index (χ0n) is 14.9. The minimum absolute atomic E-state index is 0.0219. The Morgan fingerprint density at radius 2 is 2.08 bits per heavy atom. The van der Waals surface area contributed by atoms with Crippen molar-refractivity contribution in [2.75, 3.05) is 12.3 Å². The molecule has 0 aliphatic heterocycles. The first-order chi connectivity index (χ1) is 11.6. The fraction of sp³-hybridized carbons (Fsp3) is 0.667. The molecule has 1 aromatic heterocycles. The zero-order chi connectivity index (χ0) is 18.5. The molecule has 0 radical (unpaired) electrons. The quantitative estimate of drug-likeness (QED) is 0.734. The molecule has 138 valence electrons. The Morgan fingerprint density at radius 3 is 2.60 bits per heavy atom. The van der Waals surface area contributed by atoms with E-state index in [-0.39, 0.29) is 29.3 Å².